The first-order chi connectivity index (χ1) is 11.6. The van der Waals surface area contributed by atoms with Gasteiger partial charge in [0.2, 0.25) is 5.78 Å². The smallest absolute Gasteiger partial charge is 0.337 e. The van der Waals surface area contributed by atoms with Gasteiger partial charge in [0.1, 0.15) is 11.4 Å². The van der Waals surface area contributed by atoms with E-state index in [-0.39, 0.29) is 5.69 Å². The molecule has 1 aliphatic carbocycles. The quantitative estimate of drug-likeness (QED) is 0.506. The van der Waals surface area contributed by atoms with Crippen molar-refractivity contribution in [3.63, 3.8) is 0 Å². The van der Waals surface area contributed by atoms with Crippen LogP contribution in [0.15, 0.2) is 42.5 Å². The Labute approximate surface area is 136 Å². The highest BCUT2D eigenvalue weighted by atomic mass is 16.5. The van der Waals surface area contributed by atoms with Gasteiger partial charge in [-0.1, -0.05) is 24.3 Å². The number of hydrogen-bond acceptors (Lipinski definition) is 6. The SMILES string of the molecule is COC(=O)c1ccc2nc3c(nc2c1)-c1ccccc1C(=O)C3=O. The number of carbonyl (C=O) groups excluding carboxylic acids is 3. The van der Waals surface area contributed by atoms with Crippen LogP contribution in [-0.2, 0) is 4.74 Å². The molecule has 6 heteroatoms. The van der Waals surface area contributed by atoms with Crippen LogP contribution < -0.4 is 0 Å². The van der Waals surface area contributed by atoms with Crippen LogP contribution in [0.5, 0.6) is 0 Å². The summed E-state index contributed by atoms with van der Waals surface area (Å²) in [5, 5.41) is 0. The maximum atomic E-state index is 12.3. The lowest BCUT2D eigenvalue weighted by atomic mass is 9.90. The van der Waals surface area contributed by atoms with Crippen molar-refractivity contribution in [2.45, 2.75) is 0 Å². The number of ether oxygens (including phenoxy) is 1. The third-order valence-electron chi connectivity index (χ3n) is 3.93. The minimum atomic E-state index is -0.671. The molecule has 6 nitrogen and oxygen atoms in total. The summed E-state index contributed by atoms with van der Waals surface area (Å²) in [7, 11) is 1.30. The van der Waals surface area contributed by atoms with Crippen LogP contribution in [0.25, 0.3) is 22.3 Å². The Morgan fingerprint density at radius 3 is 2.33 bits per heavy atom. The Bertz CT molecular complexity index is 1060. The standard InChI is InChI=1S/C18H10N2O4/c1-24-18(23)9-6-7-12-13(8-9)20-14-10-4-2-3-5-11(10)16(21)17(22)15(14)19-12/h2-8H,1H3. The van der Waals surface area contributed by atoms with Gasteiger partial charge >= 0.3 is 5.97 Å². The average Bonchev–Trinajstić information content (AvgIpc) is 2.63. The monoisotopic (exact) mass is 318 g/mol. The summed E-state index contributed by atoms with van der Waals surface area (Å²) in [4.78, 5) is 45.0. The molecular weight excluding hydrogens is 308 g/mol. The molecule has 0 N–H and O–H groups in total. The number of ketones is 2. The van der Waals surface area contributed by atoms with Crippen molar-refractivity contribution in [2.75, 3.05) is 7.11 Å². The van der Waals surface area contributed by atoms with E-state index in [1.54, 1.807) is 36.4 Å². The highest BCUT2D eigenvalue weighted by Gasteiger charge is 2.32. The molecule has 0 bridgehead atoms. The number of aromatic nitrogens is 2. The van der Waals surface area contributed by atoms with Gasteiger partial charge in [-0.05, 0) is 18.2 Å². The van der Waals surface area contributed by atoms with Crippen molar-refractivity contribution in [1.82, 2.24) is 9.97 Å². The van der Waals surface area contributed by atoms with E-state index in [2.05, 4.69) is 9.97 Å². The molecule has 0 radical (unpaired) electrons. The second kappa shape index (κ2) is 5.06. The normalized spacial score (nSPS) is 12.7. The largest absolute Gasteiger partial charge is 0.465 e. The van der Waals surface area contributed by atoms with Crippen LogP contribution in [0.1, 0.15) is 31.2 Å². The summed E-state index contributed by atoms with van der Waals surface area (Å²) < 4.78 is 4.70. The maximum absolute atomic E-state index is 12.3. The molecule has 3 aromatic rings. The third-order valence-corrected chi connectivity index (χ3v) is 3.93. The highest BCUT2D eigenvalue weighted by Crippen LogP contribution is 2.32. The molecule has 116 valence electrons. The fraction of sp³-hybridized carbons (Fsp3) is 0.0556. The van der Waals surface area contributed by atoms with E-state index in [1.165, 1.54) is 13.2 Å². The summed E-state index contributed by atoms with van der Waals surface area (Å²) >= 11 is 0. The predicted octanol–water partition coefficient (Wildman–Crippen LogP) is 2.46. The first-order valence-electron chi connectivity index (χ1n) is 7.18. The lowest BCUT2D eigenvalue weighted by molar-refractivity contribution is 0.0600. The van der Waals surface area contributed by atoms with Gasteiger partial charge in [-0.25, -0.2) is 14.8 Å². The van der Waals surface area contributed by atoms with Crippen molar-refractivity contribution >= 4 is 28.6 Å². The molecule has 0 aliphatic heterocycles. The zero-order valence-corrected chi connectivity index (χ0v) is 12.6. The molecule has 0 saturated heterocycles. The molecule has 0 spiro atoms. The van der Waals surface area contributed by atoms with Gasteiger partial charge in [-0.15, -0.1) is 0 Å². The zero-order valence-electron chi connectivity index (χ0n) is 12.6. The molecule has 2 aromatic carbocycles. The number of hydrogen-bond donors (Lipinski definition) is 0. The summed E-state index contributed by atoms with van der Waals surface area (Å²) in [5.41, 5.74) is 2.49. The van der Waals surface area contributed by atoms with E-state index < -0.39 is 17.5 Å². The average molecular weight is 318 g/mol. The zero-order chi connectivity index (χ0) is 16.8. The summed E-state index contributed by atoms with van der Waals surface area (Å²) in [6.45, 7) is 0. The van der Waals surface area contributed by atoms with E-state index in [4.69, 9.17) is 4.74 Å². The lowest BCUT2D eigenvalue weighted by Gasteiger charge is -2.16. The number of methoxy groups -OCH3 is 1. The van der Waals surface area contributed by atoms with Crippen molar-refractivity contribution in [2.24, 2.45) is 0 Å². The highest BCUT2D eigenvalue weighted by molar-refractivity contribution is 6.52. The van der Waals surface area contributed by atoms with E-state index in [0.29, 0.717) is 33.4 Å². The van der Waals surface area contributed by atoms with Crippen molar-refractivity contribution in [1.29, 1.82) is 0 Å². The molecule has 24 heavy (non-hydrogen) atoms. The first kappa shape index (κ1) is 14.2. The van der Waals surface area contributed by atoms with Crippen LogP contribution >= 0.6 is 0 Å². The molecule has 4 rings (SSSR count). The summed E-state index contributed by atoms with van der Waals surface area (Å²) in [6, 6.07) is 11.4. The van der Waals surface area contributed by atoms with Gasteiger partial charge in [0.25, 0.3) is 5.78 Å². The molecular formula is C18H10N2O4. The molecule has 0 saturated carbocycles. The van der Waals surface area contributed by atoms with Gasteiger partial charge in [-0.2, -0.15) is 0 Å². The van der Waals surface area contributed by atoms with Crippen LogP contribution in [0.2, 0.25) is 0 Å². The lowest BCUT2D eigenvalue weighted by Crippen LogP contribution is -2.23. The minimum absolute atomic E-state index is 0.0389. The molecule has 0 fully saturated rings. The van der Waals surface area contributed by atoms with Gasteiger partial charge in [0.05, 0.1) is 23.7 Å². The summed E-state index contributed by atoms with van der Waals surface area (Å²) in [5.74, 6) is -1.74. The van der Waals surface area contributed by atoms with E-state index in [1.807, 2.05) is 0 Å². The van der Waals surface area contributed by atoms with Gasteiger partial charge < -0.3 is 4.74 Å². The summed E-state index contributed by atoms with van der Waals surface area (Å²) in [6.07, 6.45) is 0. The Balaban J connectivity index is 2.02. The minimum Gasteiger partial charge on any atom is -0.465 e. The predicted molar refractivity (Wildman–Crippen MR) is 85.0 cm³/mol. The molecule has 1 aliphatic rings. The first-order valence-corrected chi connectivity index (χ1v) is 7.18. The Kier molecular flexibility index (Phi) is 2.99. The molecule has 0 unspecified atom stereocenters. The van der Waals surface area contributed by atoms with Crippen LogP contribution in [0.4, 0.5) is 0 Å². The van der Waals surface area contributed by atoms with E-state index >= 15 is 0 Å². The van der Waals surface area contributed by atoms with Crippen LogP contribution in [0.3, 0.4) is 0 Å². The fourth-order valence-corrected chi connectivity index (χ4v) is 2.76. The number of benzene rings is 2. The fourth-order valence-electron chi connectivity index (χ4n) is 2.76. The number of rotatable bonds is 1. The second-order valence-electron chi connectivity index (χ2n) is 5.32. The Hall–Kier alpha value is -3.41. The third kappa shape index (κ3) is 1.93. The molecule has 0 amide bonds. The van der Waals surface area contributed by atoms with Crippen LogP contribution in [-0.4, -0.2) is 34.6 Å². The number of Topliss-reactive ketones (excluding diaryl/α,β-unsaturated/α-hetero) is 2. The van der Waals surface area contributed by atoms with Gasteiger partial charge in [0, 0.05) is 11.1 Å². The molecule has 0 atom stereocenters. The van der Waals surface area contributed by atoms with Crippen LogP contribution in [0, 0.1) is 0 Å². The maximum Gasteiger partial charge on any atom is 0.337 e. The van der Waals surface area contributed by atoms with E-state index in [0.717, 1.165) is 0 Å². The topological polar surface area (TPSA) is 86.2 Å². The van der Waals surface area contributed by atoms with Crippen molar-refractivity contribution < 1.29 is 19.1 Å². The Morgan fingerprint density at radius 2 is 1.58 bits per heavy atom. The second-order valence-corrected chi connectivity index (χ2v) is 5.32. The Morgan fingerprint density at radius 1 is 0.875 bits per heavy atom. The van der Waals surface area contributed by atoms with Gasteiger partial charge in [-0.3, -0.25) is 9.59 Å². The van der Waals surface area contributed by atoms with Gasteiger partial charge in [0.15, 0.2) is 0 Å². The number of carbonyl (C=O) groups is 3. The number of fused-ring (bicyclic) bond motifs is 4. The number of nitrogens with zero attached hydrogens (tertiary/aromatic N) is 2. The van der Waals surface area contributed by atoms with E-state index in [9.17, 15) is 14.4 Å². The molecule has 1 heterocycles. The van der Waals surface area contributed by atoms with Crippen molar-refractivity contribution in [3.8, 4) is 11.3 Å². The van der Waals surface area contributed by atoms with Crippen molar-refractivity contribution in [3.05, 3.63) is 59.3 Å². The number of esters is 1. The molecule has 1 aromatic heterocycles.